The molecule has 0 fully saturated rings. The molecule has 14 heavy (non-hydrogen) atoms. The van der Waals surface area contributed by atoms with Gasteiger partial charge in [-0.25, -0.2) is 4.98 Å². The molecule has 0 spiro atoms. The molecule has 3 nitrogen and oxygen atoms in total. The fourth-order valence-electron chi connectivity index (χ4n) is 1.01. The van der Waals surface area contributed by atoms with Gasteiger partial charge in [-0.15, -0.1) is 0 Å². The molecule has 0 saturated carbocycles. The standard InChI is InChI=1S/C9H15ClN2OS/c1-9(2,3)6(5-13)12-8-11-4-7(10)14-8/h4,6,13H,5H2,1-3H3,(H,11,12)/t6-/m1/s1. The molecule has 0 saturated heterocycles. The van der Waals surface area contributed by atoms with Gasteiger partial charge in [0.2, 0.25) is 0 Å². The average Bonchev–Trinajstić information content (AvgIpc) is 2.45. The summed E-state index contributed by atoms with van der Waals surface area (Å²) in [7, 11) is 0. The van der Waals surface area contributed by atoms with E-state index in [0.717, 1.165) is 5.13 Å². The number of nitrogens with zero attached hydrogens (tertiary/aromatic N) is 1. The van der Waals surface area contributed by atoms with Gasteiger partial charge in [-0.3, -0.25) is 0 Å². The van der Waals surface area contributed by atoms with Crippen LogP contribution in [0.4, 0.5) is 5.13 Å². The van der Waals surface area contributed by atoms with E-state index in [1.807, 2.05) is 0 Å². The molecule has 0 aliphatic heterocycles. The Morgan fingerprint density at radius 3 is 2.64 bits per heavy atom. The van der Waals surface area contributed by atoms with Crippen molar-refractivity contribution in [1.82, 2.24) is 4.98 Å². The molecule has 80 valence electrons. The Kier molecular flexibility index (Phi) is 3.75. The van der Waals surface area contributed by atoms with Crippen molar-refractivity contribution in [3.63, 3.8) is 0 Å². The van der Waals surface area contributed by atoms with Gasteiger partial charge >= 0.3 is 0 Å². The maximum absolute atomic E-state index is 9.21. The zero-order valence-corrected chi connectivity index (χ0v) is 10.1. The number of hydrogen-bond donors (Lipinski definition) is 2. The lowest BCUT2D eigenvalue weighted by molar-refractivity contribution is 0.202. The first-order chi connectivity index (χ1) is 6.43. The minimum Gasteiger partial charge on any atom is -0.394 e. The van der Waals surface area contributed by atoms with E-state index in [2.05, 4.69) is 31.1 Å². The van der Waals surface area contributed by atoms with Crippen LogP contribution in [-0.4, -0.2) is 22.7 Å². The van der Waals surface area contributed by atoms with E-state index in [-0.39, 0.29) is 18.1 Å². The molecule has 1 atom stereocenters. The van der Waals surface area contributed by atoms with E-state index in [1.54, 1.807) is 6.20 Å². The van der Waals surface area contributed by atoms with Gasteiger partial charge in [0.1, 0.15) is 4.34 Å². The molecule has 1 aromatic heterocycles. The third-order valence-electron chi connectivity index (χ3n) is 2.00. The van der Waals surface area contributed by atoms with Gasteiger partial charge in [-0.1, -0.05) is 43.7 Å². The van der Waals surface area contributed by atoms with Crippen LogP contribution in [-0.2, 0) is 0 Å². The topological polar surface area (TPSA) is 45.1 Å². The van der Waals surface area contributed by atoms with Crippen LogP contribution in [0.15, 0.2) is 6.20 Å². The highest BCUT2D eigenvalue weighted by Crippen LogP contribution is 2.27. The second-order valence-corrected chi connectivity index (χ2v) is 5.88. The summed E-state index contributed by atoms with van der Waals surface area (Å²) in [5.41, 5.74) is -0.00705. The van der Waals surface area contributed by atoms with E-state index >= 15 is 0 Å². The number of hydrogen-bond acceptors (Lipinski definition) is 4. The Morgan fingerprint density at radius 2 is 2.29 bits per heavy atom. The maximum Gasteiger partial charge on any atom is 0.184 e. The van der Waals surface area contributed by atoms with E-state index in [4.69, 9.17) is 11.6 Å². The molecule has 2 N–H and O–H groups in total. The van der Waals surface area contributed by atoms with Crippen LogP contribution in [0.5, 0.6) is 0 Å². The molecule has 1 rings (SSSR count). The van der Waals surface area contributed by atoms with Crippen molar-refractivity contribution in [2.24, 2.45) is 5.41 Å². The third kappa shape index (κ3) is 3.12. The van der Waals surface area contributed by atoms with Crippen LogP contribution in [0.3, 0.4) is 0 Å². The minimum absolute atomic E-state index is 0.00705. The Balaban J connectivity index is 2.66. The highest BCUT2D eigenvalue weighted by atomic mass is 35.5. The van der Waals surface area contributed by atoms with Crippen molar-refractivity contribution >= 4 is 28.1 Å². The number of rotatable bonds is 3. The van der Waals surface area contributed by atoms with Gasteiger partial charge in [-0.05, 0) is 5.41 Å². The first kappa shape index (κ1) is 11.8. The minimum atomic E-state index is -0.00952. The monoisotopic (exact) mass is 234 g/mol. The fourth-order valence-corrected chi connectivity index (χ4v) is 1.87. The number of halogens is 1. The third-order valence-corrected chi connectivity index (χ3v) is 3.05. The summed E-state index contributed by atoms with van der Waals surface area (Å²) in [6.07, 6.45) is 1.60. The molecule has 1 aromatic rings. The average molecular weight is 235 g/mol. The Labute approximate surface area is 93.1 Å². The quantitative estimate of drug-likeness (QED) is 0.845. The van der Waals surface area contributed by atoms with Crippen molar-refractivity contribution in [3.8, 4) is 0 Å². The second-order valence-electron chi connectivity index (χ2n) is 4.22. The number of aliphatic hydroxyl groups is 1. The normalized spacial score (nSPS) is 14.1. The predicted octanol–water partition coefficient (Wildman–Crippen LogP) is 2.62. The van der Waals surface area contributed by atoms with Crippen LogP contribution in [0.1, 0.15) is 20.8 Å². The van der Waals surface area contributed by atoms with Gasteiger partial charge in [0.05, 0.1) is 18.8 Å². The molecule has 0 aliphatic carbocycles. The van der Waals surface area contributed by atoms with E-state index in [0.29, 0.717) is 4.34 Å². The molecule has 5 heteroatoms. The summed E-state index contributed by atoms with van der Waals surface area (Å²) in [5, 5.41) is 13.1. The van der Waals surface area contributed by atoms with Crippen LogP contribution in [0, 0.1) is 5.41 Å². The summed E-state index contributed by atoms with van der Waals surface area (Å²) in [4.78, 5) is 4.08. The van der Waals surface area contributed by atoms with Crippen LogP contribution < -0.4 is 5.32 Å². The van der Waals surface area contributed by atoms with Crippen molar-refractivity contribution in [3.05, 3.63) is 10.5 Å². The molecule has 0 aromatic carbocycles. The van der Waals surface area contributed by atoms with Gasteiger partial charge in [0.25, 0.3) is 0 Å². The zero-order chi connectivity index (χ0) is 10.8. The van der Waals surface area contributed by atoms with Gasteiger partial charge in [-0.2, -0.15) is 0 Å². The van der Waals surface area contributed by atoms with Gasteiger partial charge in [0, 0.05) is 0 Å². The van der Waals surface area contributed by atoms with Gasteiger partial charge < -0.3 is 10.4 Å². The van der Waals surface area contributed by atoms with E-state index in [9.17, 15) is 5.11 Å². The van der Waals surface area contributed by atoms with Crippen molar-refractivity contribution in [1.29, 1.82) is 0 Å². The van der Waals surface area contributed by atoms with Crippen molar-refractivity contribution < 1.29 is 5.11 Å². The number of aliphatic hydroxyl groups excluding tert-OH is 1. The van der Waals surface area contributed by atoms with Crippen LogP contribution >= 0.6 is 22.9 Å². The van der Waals surface area contributed by atoms with Crippen molar-refractivity contribution in [2.45, 2.75) is 26.8 Å². The Hall–Kier alpha value is -0.320. The lowest BCUT2D eigenvalue weighted by Crippen LogP contribution is -2.37. The number of thiazole rings is 1. The number of aromatic nitrogens is 1. The van der Waals surface area contributed by atoms with Crippen molar-refractivity contribution in [2.75, 3.05) is 11.9 Å². The summed E-state index contributed by atoms with van der Waals surface area (Å²) in [6, 6.07) is -0.00952. The lowest BCUT2D eigenvalue weighted by atomic mass is 9.87. The summed E-state index contributed by atoms with van der Waals surface area (Å²) in [6.45, 7) is 6.28. The van der Waals surface area contributed by atoms with Crippen LogP contribution in [0.2, 0.25) is 4.34 Å². The highest BCUT2D eigenvalue weighted by Gasteiger charge is 2.24. The van der Waals surface area contributed by atoms with Gasteiger partial charge in [0.15, 0.2) is 5.13 Å². The molecular weight excluding hydrogens is 220 g/mol. The highest BCUT2D eigenvalue weighted by molar-refractivity contribution is 7.19. The first-order valence-electron chi connectivity index (χ1n) is 4.42. The molecular formula is C9H15ClN2OS. The maximum atomic E-state index is 9.21. The zero-order valence-electron chi connectivity index (χ0n) is 8.54. The predicted molar refractivity (Wildman–Crippen MR) is 61.1 cm³/mol. The smallest absolute Gasteiger partial charge is 0.184 e. The second kappa shape index (κ2) is 4.47. The molecule has 0 amide bonds. The number of nitrogens with one attached hydrogen (secondary N) is 1. The molecule has 0 bridgehead atoms. The molecule has 0 unspecified atom stereocenters. The SMILES string of the molecule is CC(C)(C)[C@@H](CO)Nc1ncc(Cl)s1. The number of anilines is 1. The fraction of sp³-hybridized carbons (Fsp3) is 0.667. The molecule has 0 radical (unpaired) electrons. The largest absolute Gasteiger partial charge is 0.394 e. The first-order valence-corrected chi connectivity index (χ1v) is 5.61. The Bertz CT molecular complexity index is 295. The van der Waals surface area contributed by atoms with Crippen LogP contribution in [0.25, 0.3) is 0 Å². The summed E-state index contributed by atoms with van der Waals surface area (Å²) in [5.74, 6) is 0. The molecule has 1 heterocycles. The lowest BCUT2D eigenvalue weighted by Gasteiger charge is -2.29. The Morgan fingerprint density at radius 1 is 1.64 bits per heavy atom. The summed E-state index contributed by atoms with van der Waals surface area (Å²) < 4.78 is 0.651. The van der Waals surface area contributed by atoms with E-state index < -0.39 is 0 Å². The summed E-state index contributed by atoms with van der Waals surface area (Å²) >= 11 is 7.13. The van der Waals surface area contributed by atoms with E-state index in [1.165, 1.54) is 11.3 Å². The molecule has 0 aliphatic rings.